The lowest BCUT2D eigenvalue weighted by molar-refractivity contribution is 0.394. The van der Waals surface area contributed by atoms with E-state index < -0.39 is 10.0 Å². The van der Waals surface area contributed by atoms with Crippen molar-refractivity contribution < 1.29 is 13.2 Å². The predicted octanol–water partition coefficient (Wildman–Crippen LogP) is 2.31. The van der Waals surface area contributed by atoms with Crippen molar-refractivity contribution in [2.24, 2.45) is 0 Å². The minimum absolute atomic E-state index is 0.284. The molecule has 0 radical (unpaired) electrons. The summed E-state index contributed by atoms with van der Waals surface area (Å²) in [5, 5.41) is 0. The van der Waals surface area contributed by atoms with Crippen LogP contribution in [0.4, 0.5) is 5.95 Å². The highest BCUT2D eigenvalue weighted by molar-refractivity contribution is 7.88. The summed E-state index contributed by atoms with van der Waals surface area (Å²) in [6.45, 7) is 0.516. The Hall–Kier alpha value is -2.19. The zero-order valence-corrected chi connectivity index (χ0v) is 16.3. The van der Waals surface area contributed by atoms with Crippen molar-refractivity contribution in [3.8, 4) is 16.9 Å². The first-order chi connectivity index (χ1) is 12.3. The van der Waals surface area contributed by atoms with Crippen molar-refractivity contribution in [3.05, 3.63) is 36.2 Å². The predicted molar refractivity (Wildman–Crippen MR) is 102 cm³/mol. The zero-order valence-electron chi connectivity index (χ0n) is 15.5. The summed E-state index contributed by atoms with van der Waals surface area (Å²) in [5.41, 5.74) is 2.47. The number of hydrogen-bond donors (Lipinski definition) is 0. The molecule has 1 aromatic carbocycles. The summed E-state index contributed by atoms with van der Waals surface area (Å²) in [7, 11) is 2.05. The standard InChI is InChI=1S/C18H24N4O3S/c1-21(2)18-19-12-15(13-7-5-8-14(11-13)25-3)17(20-18)16-9-6-10-22(16)26(4,23)24/h5,7-8,11-12,16H,6,9-10H2,1-4H3/t16-/m1/s1. The van der Waals surface area contributed by atoms with E-state index in [4.69, 9.17) is 9.72 Å². The van der Waals surface area contributed by atoms with Gasteiger partial charge in [-0.15, -0.1) is 0 Å². The molecule has 0 unspecified atom stereocenters. The van der Waals surface area contributed by atoms with Crippen LogP contribution in [-0.2, 0) is 10.0 Å². The van der Waals surface area contributed by atoms with E-state index in [1.807, 2.05) is 43.3 Å². The van der Waals surface area contributed by atoms with Gasteiger partial charge in [-0.1, -0.05) is 12.1 Å². The van der Waals surface area contributed by atoms with Gasteiger partial charge in [-0.25, -0.2) is 18.4 Å². The van der Waals surface area contributed by atoms with Crippen molar-refractivity contribution in [1.29, 1.82) is 0 Å². The number of aromatic nitrogens is 2. The van der Waals surface area contributed by atoms with Gasteiger partial charge >= 0.3 is 0 Å². The molecule has 3 rings (SSSR count). The quantitative estimate of drug-likeness (QED) is 0.797. The van der Waals surface area contributed by atoms with Crippen LogP contribution in [0.5, 0.6) is 5.75 Å². The van der Waals surface area contributed by atoms with Crippen molar-refractivity contribution in [3.63, 3.8) is 0 Å². The third-order valence-corrected chi connectivity index (χ3v) is 5.82. The molecule has 1 saturated heterocycles. The van der Waals surface area contributed by atoms with E-state index >= 15 is 0 Å². The van der Waals surface area contributed by atoms with Gasteiger partial charge in [-0.05, 0) is 30.5 Å². The fourth-order valence-electron chi connectivity index (χ4n) is 3.28. The van der Waals surface area contributed by atoms with Gasteiger partial charge < -0.3 is 9.64 Å². The Balaban J connectivity index is 2.16. The van der Waals surface area contributed by atoms with Crippen molar-refractivity contribution in [2.75, 3.05) is 38.9 Å². The average Bonchev–Trinajstić information content (AvgIpc) is 3.11. The number of ether oxygens (including phenoxy) is 1. The molecule has 0 aliphatic carbocycles. The van der Waals surface area contributed by atoms with Gasteiger partial charge in [0.25, 0.3) is 0 Å². The van der Waals surface area contributed by atoms with Crippen LogP contribution < -0.4 is 9.64 Å². The van der Waals surface area contributed by atoms with E-state index in [1.54, 1.807) is 17.6 Å². The molecule has 2 heterocycles. The van der Waals surface area contributed by atoms with Crippen LogP contribution in [0, 0.1) is 0 Å². The largest absolute Gasteiger partial charge is 0.497 e. The molecule has 1 aliphatic heterocycles. The molecular weight excluding hydrogens is 352 g/mol. The van der Waals surface area contributed by atoms with Crippen LogP contribution in [-0.4, -0.2) is 56.7 Å². The Kier molecular flexibility index (Phi) is 5.15. The summed E-state index contributed by atoms with van der Waals surface area (Å²) >= 11 is 0. The van der Waals surface area contributed by atoms with Crippen LogP contribution in [0.25, 0.3) is 11.1 Å². The molecule has 1 fully saturated rings. The maximum Gasteiger partial charge on any atom is 0.225 e. The third kappa shape index (κ3) is 3.66. The van der Waals surface area contributed by atoms with Gasteiger partial charge in [0.05, 0.1) is 25.1 Å². The molecule has 2 aromatic rings. The molecule has 26 heavy (non-hydrogen) atoms. The normalized spacial score (nSPS) is 18.1. The first kappa shape index (κ1) is 18.6. The van der Waals surface area contributed by atoms with E-state index in [9.17, 15) is 8.42 Å². The van der Waals surface area contributed by atoms with Crippen molar-refractivity contribution >= 4 is 16.0 Å². The summed E-state index contributed by atoms with van der Waals surface area (Å²) < 4.78 is 31.3. The molecule has 0 saturated carbocycles. The first-order valence-corrected chi connectivity index (χ1v) is 10.3. The summed E-state index contributed by atoms with van der Waals surface area (Å²) in [4.78, 5) is 11.0. The minimum Gasteiger partial charge on any atom is -0.497 e. The second-order valence-electron chi connectivity index (χ2n) is 6.63. The highest BCUT2D eigenvalue weighted by Crippen LogP contribution is 2.38. The van der Waals surface area contributed by atoms with Gasteiger partial charge in [0, 0.05) is 32.4 Å². The fraction of sp³-hybridized carbons (Fsp3) is 0.444. The number of nitrogens with zero attached hydrogens (tertiary/aromatic N) is 4. The highest BCUT2D eigenvalue weighted by Gasteiger charge is 2.35. The molecule has 140 valence electrons. The molecular formula is C18H24N4O3S. The Bertz CT molecular complexity index is 899. The van der Waals surface area contributed by atoms with Gasteiger partial charge in [-0.3, -0.25) is 0 Å². The molecule has 1 atom stereocenters. The van der Waals surface area contributed by atoms with E-state index in [0.29, 0.717) is 12.5 Å². The summed E-state index contributed by atoms with van der Waals surface area (Å²) in [6, 6.07) is 7.36. The third-order valence-electron chi connectivity index (χ3n) is 4.53. The van der Waals surface area contributed by atoms with Crippen molar-refractivity contribution in [2.45, 2.75) is 18.9 Å². The van der Waals surface area contributed by atoms with E-state index in [2.05, 4.69) is 4.98 Å². The minimum atomic E-state index is -3.31. The molecule has 1 aliphatic rings. The van der Waals surface area contributed by atoms with E-state index in [1.165, 1.54) is 6.26 Å². The van der Waals surface area contributed by atoms with E-state index in [-0.39, 0.29) is 6.04 Å². The molecule has 0 spiro atoms. The first-order valence-electron chi connectivity index (χ1n) is 8.46. The second-order valence-corrected chi connectivity index (χ2v) is 8.56. The molecule has 7 nitrogen and oxygen atoms in total. The maximum absolute atomic E-state index is 12.2. The number of sulfonamides is 1. The lowest BCUT2D eigenvalue weighted by Gasteiger charge is -2.25. The maximum atomic E-state index is 12.2. The lowest BCUT2D eigenvalue weighted by atomic mass is 10.00. The lowest BCUT2D eigenvalue weighted by Crippen LogP contribution is -2.30. The van der Waals surface area contributed by atoms with Gasteiger partial charge in [0.1, 0.15) is 5.75 Å². The Morgan fingerprint density at radius 3 is 2.73 bits per heavy atom. The highest BCUT2D eigenvalue weighted by atomic mass is 32.2. The van der Waals surface area contributed by atoms with Gasteiger partial charge in [-0.2, -0.15) is 4.31 Å². The smallest absolute Gasteiger partial charge is 0.225 e. The Labute approximate surface area is 154 Å². The monoisotopic (exact) mass is 376 g/mol. The fourth-order valence-corrected chi connectivity index (χ4v) is 4.41. The molecule has 0 N–H and O–H groups in total. The number of hydrogen-bond acceptors (Lipinski definition) is 6. The number of benzene rings is 1. The van der Waals surface area contributed by atoms with E-state index in [0.717, 1.165) is 35.4 Å². The number of methoxy groups -OCH3 is 1. The van der Waals surface area contributed by atoms with Crippen molar-refractivity contribution in [1.82, 2.24) is 14.3 Å². The summed E-state index contributed by atoms with van der Waals surface area (Å²) in [5.74, 6) is 1.29. The van der Waals surface area contributed by atoms with Crippen LogP contribution >= 0.6 is 0 Å². The van der Waals surface area contributed by atoms with Crippen LogP contribution in [0.1, 0.15) is 24.6 Å². The second kappa shape index (κ2) is 7.20. The SMILES string of the molecule is COc1cccc(-c2cnc(N(C)C)nc2[C@H]2CCCN2S(C)(=O)=O)c1. The molecule has 0 bridgehead atoms. The molecule has 0 amide bonds. The van der Waals surface area contributed by atoms with Crippen LogP contribution in [0.15, 0.2) is 30.5 Å². The number of anilines is 1. The van der Waals surface area contributed by atoms with Crippen LogP contribution in [0.2, 0.25) is 0 Å². The molecule has 8 heteroatoms. The van der Waals surface area contributed by atoms with Crippen LogP contribution in [0.3, 0.4) is 0 Å². The topological polar surface area (TPSA) is 75.6 Å². The zero-order chi connectivity index (χ0) is 18.9. The Morgan fingerprint density at radius 2 is 2.08 bits per heavy atom. The molecule has 1 aromatic heterocycles. The van der Waals surface area contributed by atoms with Gasteiger partial charge in [0.2, 0.25) is 16.0 Å². The van der Waals surface area contributed by atoms with Gasteiger partial charge in [0.15, 0.2) is 0 Å². The average molecular weight is 376 g/mol. The Morgan fingerprint density at radius 1 is 1.31 bits per heavy atom. The summed E-state index contributed by atoms with van der Waals surface area (Å²) in [6.07, 6.45) is 4.58. The number of rotatable bonds is 5.